The van der Waals surface area contributed by atoms with Crippen LogP contribution in [0.25, 0.3) is 0 Å². The van der Waals surface area contributed by atoms with Gasteiger partial charge in [-0.3, -0.25) is 0 Å². The summed E-state index contributed by atoms with van der Waals surface area (Å²) in [6.45, 7) is 5.64. The first-order valence-corrected chi connectivity index (χ1v) is 6.58. The summed E-state index contributed by atoms with van der Waals surface area (Å²) in [5, 5.41) is 3.59. The van der Waals surface area contributed by atoms with E-state index in [1.54, 1.807) is 7.11 Å². The van der Waals surface area contributed by atoms with E-state index in [2.05, 4.69) is 37.4 Å². The van der Waals surface area contributed by atoms with Gasteiger partial charge in [-0.1, -0.05) is 25.5 Å². The van der Waals surface area contributed by atoms with Gasteiger partial charge < -0.3 is 10.1 Å². The second-order valence-corrected chi connectivity index (χ2v) is 5.25. The van der Waals surface area contributed by atoms with E-state index in [0.717, 1.165) is 12.3 Å². The second kappa shape index (κ2) is 5.09. The van der Waals surface area contributed by atoms with Crippen LogP contribution in [0.2, 0.25) is 0 Å². The topological polar surface area (TPSA) is 21.3 Å². The average molecular weight is 233 g/mol. The predicted molar refractivity (Wildman–Crippen MR) is 71.7 cm³/mol. The number of benzene rings is 1. The molecule has 0 amide bonds. The van der Waals surface area contributed by atoms with Crippen LogP contribution in [-0.2, 0) is 5.41 Å². The minimum atomic E-state index is 0.308. The quantitative estimate of drug-likeness (QED) is 0.862. The van der Waals surface area contributed by atoms with Crippen molar-refractivity contribution in [3.8, 4) is 5.75 Å². The Hall–Kier alpha value is -1.02. The third kappa shape index (κ3) is 2.47. The lowest BCUT2D eigenvalue weighted by molar-refractivity contribution is 0.400. The molecule has 1 aliphatic heterocycles. The van der Waals surface area contributed by atoms with Gasteiger partial charge in [0.25, 0.3) is 0 Å². The highest BCUT2D eigenvalue weighted by molar-refractivity contribution is 5.35. The van der Waals surface area contributed by atoms with E-state index in [9.17, 15) is 0 Å². The van der Waals surface area contributed by atoms with Gasteiger partial charge in [-0.05, 0) is 37.5 Å². The number of methoxy groups -OCH3 is 1. The van der Waals surface area contributed by atoms with Gasteiger partial charge >= 0.3 is 0 Å². The van der Waals surface area contributed by atoms with Gasteiger partial charge in [0.1, 0.15) is 5.75 Å². The van der Waals surface area contributed by atoms with Crippen LogP contribution < -0.4 is 10.1 Å². The Labute approximate surface area is 104 Å². The monoisotopic (exact) mass is 233 g/mol. The molecule has 0 radical (unpaired) electrons. The predicted octanol–water partition coefficient (Wildman–Crippen LogP) is 3.11. The minimum absolute atomic E-state index is 0.308. The SMILES string of the molecule is CCCC1(c2cccc(OC)c2)CNC(C)C1. The molecule has 1 fully saturated rings. The van der Waals surface area contributed by atoms with Crippen LogP contribution in [0.15, 0.2) is 24.3 Å². The summed E-state index contributed by atoms with van der Waals surface area (Å²) in [5.41, 5.74) is 1.73. The van der Waals surface area contributed by atoms with Crippen molar-refractivity contribution in [1.82, 2.24) is 5.32 Å². The maximum Gasteiger partial charge on any atom is 0.119 e. The lowest BCUT2D eigenvalue weighted by Crippen LogP contribution is -2.28. The molecule has 2 unspecified atom stereocenters. The van der Waals surface area contributed by atoms with Crippen LogP contribution in [0, 0.1) is 0 Å². The minimum Gasteiger partial charge on any atom is -0.497 e. The molecule has 0 saturated carbocycles. The Balaban J connectivity index is 2.32. The molecule has 2 heteroatoms. The van der Waals surface area contributed by atoms with Gasteiger partial charge in [-0.2, -0.15) is 0 Å². The zero-order valence-corrected chi connectivity index (χ0v) is 11.1. The van der Waals surface area contributed by atoms with Gasteiger partial charge in [0.15, 0.2) is 0 Å². The van der Waals surface area contributed by atoms with Crippen molar-refractivity contribution in [2.45, 2.75) is 44.6 Å². The molecule has 2 atom stereocenters. The third-order valence-corrected chi connectivity index (χ3v) is 3.90. The number of nitrogens with one attached hydrogen (secondary N) is 1. The van der Waals surface area contributed by atoms with Gasteiger partial charge in [0, 0.05) is 18.0 Å². The highest BCUT2D eigenvalue weighted by atomic mass is 16.5. The summed E-state index contributed by atoms with van der Waals surface area (Å²) in [7, 11) is 1.74. The number of ether oxygens (including phenoxy) is 1. The molecule has 2 rings (SSSR count). The molecule has 1 aromatic carbocycles. The van der Waals surface area contributed by atoms with Crippen molar-refractivity contribution in [1.29, 1.82) is 0 Å². The molecule has 1 heterocycles. The van der Waals surface area contributed by atoms with Crippen molar-refractivity contribution >= 4 is 0 Å². The van der Waals surface area contributed by atoms with E-state index in [1.807, 2.05) is 6.07 Å². The van der Waals surface area contributed by atoms with Gasteiger partial charge in [-0.25, -0.2) is 0 Å². The fraction of sp³-hybridized carbons (Fsp3) is 0.600. The summed E-state index contributed by atoms with van der Waals surface area (Å²) < 4.78 is 5.34. The van der Waals surface area contributed by atoms with Gasteiger partial charge in [0.05, 0.1) is 7.11 Å². The maximum absolute atomic E-state index is 5.34. The Bertz CT molecular complexity index is 373. The van der Waals surface area contributed by atoms with E-state index in [1.165, 1.54) is 24.8 Å². The van der Waals surface area contributed by atoms with Crippen LogP contribution in [0.3, 0.4) is 0 Å². The zero-order valence-electron chi connectivity index (χ0n) is 11.1. The first-order valence-electron chi connectivity index (χ1n) is 6.58. The molecule has 0 aromatic heterocycles. The van der Waals surface area contributed by atoms with Crippen molar-refractivity contribution in [3.63, 3.8) is 0 Å². The average Bonchev–Trinajstić information content (AvgIpc) is 2.73. The van der Waals surface area contributed by atoms with Crippen LogP contribution in [0.1, 0.15) is 38.7 Å². The van der Waals surface area contributed by atoms with Crippen molar-refractivity contribution < 1.29 is 4.74 Å². The fourth-order valence-electron chi connectivity index (χ4n) is 3.09. The van der Waals surface area contributed by atoms with Gasteiger partial charge in [0.2, 0.25) is 0 Å². The Morgan fingerprint density at radius 3 is 2.88 bits per heavy atom. The highest BCUT2D eigenvalue weighted by Crippen LogP contribution is 2.38. The molecule has 0 aliphatic carbocycles. The Morgan fingerprint density at radius 2 is 2.29 bits per heavy atom. The van der Waals surface area contributed by atoms with Crippen molar-refractivity contribution in [2.24, 2.45) is 0 Å². The van der Waals surface area contributed by atoms with Crippen molar-refractivity contribution in [3.05, 3.63) is 29.8 Å². The normalized spacial score (nSPS) is 28.3. The highest BCUT2D eigenvalue weighted by Gasteiger charge is 2.38. The third-order valence-electron chi connectivity index (χ3n) is 3.90. The molecule has 1 aromatic rings. The summed E-state index contributed by atoms with van der Waals surface area (Å²) in [6.07, 6.45) is 3.71. The largest absolute Gasteiger partial charge is 0.497 e. The molecule has 0 bridgehead atoms. The summed E-state index contributed by atoms with van der Waals surface area (Å²) in [6, 6.07) is 9.20. The molecule has 0 spiro atoms. The van der Waals surface area contributed by atoms with E-state index in [0.29, 0.717) is 11.5 Å². The summed E-state index contributed by atoms with van der Waals surface area (Å²) in [5.74, 6) is 0.970. The molecular weight excluding hydrogens is 210 g/mol. The molecule has 2 nitrogen and oxygen atoms in total. The Kier molecular flexibility index (Phi) is 3.72. The van der Waals surface area contributed by atoms with Crippen LogP contribution >= 0.6 is 0 Å². The lowest BCUT2D eigenvalue weighted by atomic mass is 9.75. The Morgan fingerprint density at radius 1 is 1.47 bits per heavy atom. The zero-order chi connectivity index (χ0) is 12.3. The van der Waals surface area contributed by atoms with E-state index in [4.69, 9.17) is 4.74 Å². The number of hydrogen-bond donors (Lipinski definition) is 1. The molecule has 1 aliphatic rings. The van der Waals surface area contributed by atoms with Crippen LogP contribution in [-0.4, -0.2) is 19.7 Å². The van der Waals surface area contributed by atoms with Crippen LogP contribution in [0.4, 0.5) is 0 Å². The van der Waals surface area contributed by atoms with E-state index in [-0.39, 0.29) is 0 Å². The van der Waals surface area contributed by atoms with Crippen LogP contribution in [0.5, 0.6) is 5.75 Å². The molecule has 1 N–H and O–H groups in total. The number of rotatable bonds is 4. The van der Waals surface area contributed by atoms with Gasteiger partial charge in [-0.15, -0.1) is 0 Å². The molecule has 94 valence electrons. The molecular formula is C15H23NO. The summed E-state index contributed by atoms with van der Waals surface area (Å²) >= 11 is 0. The molecule has 17 heavy (non-hydrogen) atoms. The lowest BCUT2D eigenvalue weighted by Gasteiger charge is -2.29. The summed E-state index contributed by atoms with van der Waals surface area (Å²) in [4.78, 5) is 0. The van der Waals surface area contributed by atoms with Crippen molar-refractivity contribution in [2.75, 3.05) is 13.7 Å². The maximum atomic E-state index is 5.34. The second-order valence-electron chi connectivity index (χ2n) is 5.25. The number of hydrogen-bond acceptors (Lipinski definition) is 2. The first-order chi connectivity index (χ1) is 8.20. The van der Waals surface area contributed by atoms with E-state index >= 15 is 0 Å². The van der Waals surface area contributed by atoms with E-state index < -0.39 is 0 Å². The fourth-order valence-corrected chi connectivity index (χ4v) is 3.09. The standard InChI is InChI=1S/C15H23NO/c1-4-8-15(10-12(2)16-11-15)13-6-5-7-14(9-13)17-3/h5-7,9,12,16H,4,8,10-11H2,1-3H3. The first kappa shape index (κ1) is 12.4. The smallest absolute Gasteiger partial charge is 0.119 e. The molecule has 1 saturated heterocycles.